The van der Waals surface area contributed by atoms with Crippen molar-refractivity contribution in [1.29, 1.82) is 0 Å². The number of nitrogens with one attached hydrogen (secondary N) is 1. The second kappa shape index (κ2) is 3.71. The number of anilines is 1. The lowest BCUT2D eigenvalue weighted by molar-refractivity contribution is 1.37. The summed E-state index contributed by atoms with van der Waals surface area (Å²) in [5.74, 6) is 6.01. The highest BCUT2D eigenvalue weighted by molar-refractivity contribution is 5.54. The standard InChI is InChI=1S/C12H10N2/c13-11-8-9-14-12(11)7-6-10-4-2-1-3-5-10/h1-5,8-9,14H,13H2. The first-order valence-electron chi connectivity index (χ1n) is 4.36. The van der Waals surface area contributed by atoms with Crippen molar-refractivity contribution in [3.8, 4) is 11.8 Å². The fraction of sp³-hybridized carbons (Fsp3) is 0. The minimum absolute atomic E-state index is 0.688. The fourth-order valence-electron chi connectivity index (χ4n) is 1.15. The summed E-state index contributed by atoms with van der Waals surface area (Å²) in [5, 5.41) is 0. The molecule has 0 aliphatic rings. The van der Waals surface area contributed by atoms with Crippen LogP contribution in [0.5, 0.6) is 0 Å². The second-order valence-corrected chi connectivity index (χ2v) is 2.92. The number of H-pyrrole nitrogens is 1. The number of aromatic nitrogens is 1. The van der Waals surface area contributed by atoms with Crippen molar-refractivity contribution < 1.29 is 0 Å². The Hall–Kier alpha value is -2.14. The molecule has 0 atom stereocenters. The molecule has 2 aromatic rings. The Bertz CT molecular complexity index is 472. The van der Waals surface area contributed by atoms with E-state index in [9.17, 15) is 0 Å². The molecular formula is C12H10N2. The molecule has 0 aliphatic carbocycles. The summed E-state index contributed by atoms with van der Waals surface area (Å²) in [6.45, 7) is 0. The van der Waals surface area contributed by atoms with Gasteiger partial charge < -0.3 is 10.7 Å². The third kappa shape index (κ3) is 1.78. The van der Waals surface area contributed by atoms with Crippen molar-refractivity contribution in [1.82, 2.24) is 4.98 Å². The molecule has 0 saturated carbocycles. The van der Waals surface area contributed by atoms with Gasteiger partial charge in [0.1, 0.15) is 5.69 Å². The average Bonchev–Trinajstić information content (AvgIpc) is 2.63. The highest BCUT2D eigenvalue weighted by Crippen LogP contribution is 2.06. The van der Waals surface area contributed by atoms with E-state index in [0.29, 0.717) is 5.69 Å². The maximum absolute atomic E-state index is 5.67. The third-order valence-corrected chi connectivity index (χ3v) is 1.88. The van der Waals surface area contributed by atoms with Crippen LogP contribution in [-0.2, 0) is 0 Å². The normalized spacial score (nSPS) is 9.14. The lowest BCUT2D eigenvalue weighted by atomic mass is 10.2. The molecule has 14 heavy (non-hydrogen) atoms. The van der Waals surface area contributed by atoms with Crippen LogP contribution in [0.2, 0.25) is 0 Å². The van der Waals surface area contributed by atoms with Gasteiger partial charge in [0, 0.05) is 11.8 Å². The molecule has 68 valence electrons. The van der Waals surface area contributed by atoms with E-state index in [1.165, 1.54) is 0 Å². The number of hydrogen-bond acceptors (Lipinski definition) is 1. The Balaban J connectivity index is 2.28. The molecule has 1 aromatic carbocycles. The SMILES string of the molecule is Nc1cc[nH]c1C#Cc1ccccc1. The van der Waals surface area contributed by atoms with E-state index in [0.717, 1.165) is 11.3 Å². The Morgan fingerprint density at radius 3 is 2.43 bits per heavy atom. The van der Waals surface area contributed by atoms with Gasteiger partial charge >= 0.3 is 0 Å². The van der Waals surface area contributed by atoms with E-state index < -0.39 is 0 Å². The molecule has 0 aliphatic heterocycles. The van der Waals surface area contributed by atoms with Gasteiger partial charge in [-0.2, -0.15) is 0 Å². The number of benzene rings is 1. The first-order valence-corrected chi connectivity index (χ1v) is 4.36. The highest BCUT2D eigenvalue weighted by Gasteiger charge is 1.92. The smallest absolute Gasteiger partial charge is 0.113 e. The van der Waals surface area contributed by atoms with Crippen LogP contribution in [0.4, 0.5) is 5.69 Å². The van der Waals surface area contributed by atoms with E-state index in [4.69, 9.17) is 5.73 Å². The van der Waals surface area contributed by atoms with Crippen LogP contribution in [0.25, 0.3) is 0 Å². The zero-order chi connectivity index (χ0) is 9.80. The zero-order valence-corrected chi connectivity index (χ0v) is 7.62. The zero-order valence-electron chi connectivity index (χ0n) is 7.62. The van der Waals surface area contributed by atoms with E-state index in [1.807, 2.05) is 30.3 Å². The molecule has 0 fully saturated rings. The molecule has 2 heteroatoms. The molecule has 1 heterocycles. The molecule has 0 radical (unpaired) electrons. The van der Waals surface area contributed by atoms with Crippen molar-refractivity contribution in [2.75, 3.05) is 5.73 Å². The van der Waals surface area contributed by atoms with Crippen LogP contribution in [-0.4, -0.2) is 4.98 Å². The lowest BCUT2D eigenvalue weighted by Crippen LogP contribution is -1.85. The molecule has 2 rings (SSSR count). The van der Waals surface area contributed by atoms with Crippen molar-refractivity contribution in [3.05, 3.63) is 53.9 Å². The van der Waals surface area contributed by atoms with Crippen LogP contribution >= 0.6 is 0 Å². The number of hydrogen-bond donors (Lipinski definition) is 2. The van der Waals surface area contributed by atoms with Gasteiger partial charge in [-0.1, -0.05) is 24.1 Å². The Labute approximate surface area is 82.8 Å². The number of nitrogens with two attached hydrogens (primary N) is 1. The van der Waals surface area contributed by atoms with E-state index >= 15 is 0 Å². The third-order valence-electron chi connectivity index (χ3n) is 1.88. The largest absolute Gasteiger partial charge is 0.396 e. The summed E-state index contributed by atoms with van der Waals surface area (Å²) in [7, 11) is 0. The van der Waals surface area contributed by atoms with Crippen LogP contribution < -0.4 is 5.73 Å². The second-order valence-electron chi connectivity index (χ2n) is 2.92. The molecule has 0 spiro atoms. The molecule has 0 amide bonds. The van der Waals surface area contributed by atoms with Crippen molar-refractivity contribution >= 4 is 5.69 Å². The summed E-state index contributed by atoms with van der Waals surface area (Å²) in [4.78, 5) is 2.98. The molecular weight excluding hydrogens is 172 g/mol. The maximum atomic E-state index is 5.67. The molecule has 0 bridgehead atoms. The van der Waals surface area contributed by atoms with Gasteiger partial charge in [0.2, 0.25) is 0 Å². The summed E-state index contributed by atoms with van der Waals surface area (Å²) in [6.07, 6.45) is 1.78. The fourth-order valence-corrected chi connectivity index (χ4v) is 1.15. The molecule has 1 aromatic heterocycles. The Kier molecular flexibility index (Phi) is 2.24. The number of rotatable bonds is 0. The first-order chi connectivity index (χ1) is 6.86. The quantitative estimate of drug-likeness (QED) is 0.601. The number of aromatic amines is 1. The Morgan fingerprint density at radius 1 is 1.00 bits per heavy atom. The van der Waals surface area contributed by atoms with Crippen LogP contribution in [0, 0.1) is 11.8 Å². The van der Waals surface area contributed by atoms with Gasteiger partial charge in [-0.05, 0) is 24.1 Å². The monoisotopic (exact) mass is 182 g/mol. The van der Waals surface area contributed by atoms with Gasteiger partial charge in [-0.3, -0.25) is 0 Å². The van der Waals surface area contributed by atoms with Gasteiger partial charge in [-0.25, -0.2) is 0 Å². The van der Waals surface area contributed by atoms with Crippen molar-refractivity contribution in [3.63, 3.8) is 0 Å². The van der Waals surface area contributed by atoms with Gasteiger partial charge in [-0.15, -0.1) is 0 Å². The number of nitrogen functional groups attached to an aromatic ring is 1. The minimum atomic E-state index is 0.688. The van der Waals surface area contributed by atoms with Crippen LogP contribution in [0.15, 0.2) is 42.6 Å². The minimum Gasteiger partial charge on any atom is -0.396 e. The maximum Gasteiger partial charge on any atom is 0.113 e. The average molecular weight is 182 g/mol. The molecule has 3 N–H and O–H groups in total. The highest BCUT2D eigenvalue weighted by atomic mass is 14.7. The topological polar surface area (TPSA) is 41.8 Å². The summed E-state index contributed by atoms with van der Waals surface area (Å²) >= 11 is 0. The Morgan fingerprint density at radius 2 is 1.79 bits per heavy atom. The summed E-state index contributed by atoms with van der Waals surface area (Å²) in [6, 6.07) is 11.6. The van der Waals surface area contributed by atoms with Crippen molar-refractivity contribution in [2.45, 2.75) is 0 Å². The van der Waals surface area contributed by atoms with Gasteiger partial charge in [0.25, 0.3) is 0 Å². The van der Waals surface area contributed by atoms with Crippen LogP contribution in [0.3, 0.4) is 0 Å². The first kappa shape index (κ1) is 8.46. The molecule has 2 nitrogen and oxygen atoms in total. The van der Waals surface area contributed by atoms with E-state index in [-0.39, 0.29) is 0 Å². The predicted molar refractivity (Wildman–Crippen MR) is 57.6 cm³/mol. The summed E-state index contributed by atoms with van der Waals surface area (Å²) < 4.78 is 0. The molecule has 0 saturated heterocycles. The lowest BCUT2D eigenvalue weighted by Gasteiger charge is -1.87. The predicted octanol–water partition coefficient (Wildman–Crippen LogP) is 2.00. The van der Waals surface area contributed by atoms with Crippen molar-refractivity contribution in [2.24, 2.45) is 0 Å². The van der Waals surface area contributed by atoms with Crippen LogP contribution in [0.1, 0.15) is 11.3 Å². The van der Waals surface area contributed by atoms with E-state index in [2.05, 4.69) is 16.8 Å². The van der Waals surface area contributed by atoms with E-state index in [1.54, 1.807) is 12.3 Å². The molecule has 0 unspecified atom stereocenters. The summed E-state index contributed by atoms with van der Waals surface area (Å²) in [5.41, 5.74) is 8.12. The van der Waals surface area contributed by atoms with Gasteiger partial charge in [0.15, 0.2) is 0 Å². The van der Waals surface area contributed by atoms with Gasteiger partial charge in [0.05, 0.1) is 5.69 Å².